The molecule has 0 spiro atoms. The van der Waals surface area contributed by atoms with Gasteiger partial charge in [-0.05, 0) is 64.7 Å². The lowest BCUT2D eigenvalue weighted by Gasteiger charge is -2.38. The van der Waals surface area contributed by atoms with E-state index in [0.29, 0.717) is 6.04 Å². The van der Waals surface area contributed by atoms with Crippen LogP contribution in [0.5, 0.6) is 0 Å². The smallest absolute Gasteiger partial charge is 0.320 e. The standard InChI is InChI=1S/C15H28N2O3/c1-20-12-3-2-8-16-10-6-13(7-11-16)17-9-4-5-14(17)15(18)19/h13-14H,2-12H2,1H3,(H,18,19). The Morgan fingerprint density at radius 2 is 1.95 bits per heavy atom. The van der Waals surface area contributed by atoms with Crippen LogP contribution in [0, 0.1) is 0 Å². The quantitative estimate of drug-likeness (QED) is 0.717. The Hall–Kier alpha value is -0.650. The third-order valence-corrected chi connectivity index (χ3v) is 4.68. The van der Waals surface area contributed by atoms with Gasteiger partial charge in [0.15, 0.2) is 0 Å². The minimum absolute atomic E-state index is 0.228. The van der Waals surface area contributed by atoms with Crippen LogP contribution in [0.25, 0.3) is 0 Å². The first kappa shape index (κ1) is 15.7. The highest BCUT2D eigenvalue weighted by Crippen LogP contribution is 2.26. The molecule has 116 valence electrons. The van der Waals surface area contributed by atoms with Crippen molar-refractivity contribution < 1.29 is 14.6 Å². The largest absolute Gasteiger partial charge is 0.480 e. The summed E-state index contributed by atoms with van der Waals surface area (Å²) in [4.78, 5) is 16.0. The van der Waals surface area contributed by atoms with Crippen molar-refractivity contribution in [3.63, 3.8) is 0 Å². The van der Waals surface area contributed by atoms with Crippen LogP contribution in [0.15, 0.2) is 0 Å². The number of rotatable bonds is 7. The van der Waals surface area contributed by atoms with E-state index < -0.39 is 5.97 Å². The number of piperidine rings is 1. The third-order valence-electron chi connectivity index (χ3n) is 4.68. The SMILES string of the molecule is COCCCCN1CCC(N2CCCC2C(=O)O)CC1. The molecule has 20 heavy (non-hydrogen) atoms. The second kappa shape index (κ2) is 7.96. The number of likely N-dealkylation sites (tertiary alicyclic amines) is 2. The molecule has 0 aromatic heterocycles. The summed E-state index contributed by atoms with van der Waals surface area (Å²) in [7, 11) is 1.75. The van der Waals surface area contributed by atoms with Crippen molar-refractivity contribution in [3.8, 4) is 0 Å². The second-order valence-electron chi connectivity index (χ2n) is 6.01. The zero-order valence-electron chi connectivity index (χ0n) is 12.6. The summed E-state index contributed by atoms with van der Waals surface area (Å²) in [5.41, 5.74) is 0. The summed E-state index contributed by atoms with van der Waals surface area (Å²) >= 11 is 0. The van der Waals surface area contributed by atoms with Crippen molar-refractivity contribution in [3.05, 3.63) is 0 Å². The third kappa shape index (κ3) is 4.17. The molecule has 2 rings (SSSR count). The molecular formula is C15H28N2O3. The van der Waals surface area contributed by atoms with Crippen molar-refractivity contribution in [1.82, 2.24) is 9.80 Å². The van der Waals surface area contributed by atoms with Crippen LogP contribution >= 0.6 is 0 Å². The molecule has 5 heteroatoms. The fourth-order valence-electron chi connectivity index (χ4n) is 3.55. The summed E-state index contributed by atoms with van der Waals surface area (Å²) in [5.74, 6) is -0.635. The summed E-state index contributed by atoms with van der Waals surface area (Å²) in [6.45, 7) is 5.19. The van der Waals surface area contributed by atoms with E-state index in [0.717, 1.165) is 64.9 Å². The first-order valence-electron chi connectivity index (χ1n) is 7.92. The van der Waals surface area contributed by atoms with E-state index in [9.17, 15) is 9.90 Å². The van der Waals surface area contributed by atoms with Gasteiger partial charge in [0, 0.05) is 19.8 Å². The van der Waals surface area contributed by atoms with Gasteiger partial charge in [-0.25, -0.2) is 0 Å². The van der Waals surface area contributed by atoms with Crippen molar-refractivity contribution in [2.75, 3.05) is 39.9 Å². The van der Waals surface area contributed by atoms with Gasteiger partial charge in [0.25, 0.3) is 0 Å². The van der Waals surface area contributed by atoms with Gasteiger partial charge in [0.2, 0.25) is 0 Å². The predicted octanol–water partition coefficient (Wildman–Crippen LogP) is 1.43. The van der Waals surface area contributed by atoms with Gasteiger partial charge in [0.1, 0.15) is 6.04 Å². The highest BCUT2D eigenvalue weighted by atomic mass is 16.5. The molecule has 1 N–H and O–H groups in total. The Bertz CT molecular complexity index is 303. The zero-order chi connectivity index (χ0) is 14.4. The van der Waals surface area contributed by atoms with Crippen LogP contribution in [0.3, 0.4) is 0 Å². The van der Waals surface area contributed by atoms with E-state index in [2.05, 4.69) is 9.80 Å². The first-order chi connectivity index (χ1) is 9.72. The van der Waals surface area contributed by atoms with Gasteiger partial charge in [-0.1, -0.05) is 0 Å². The number of ether oxygens (including phenoxy) is 1. The van der Waals surface area contributed by atoms with Crippen molar-refractivity contribution in [2.45, 2.75) is 50.6 Å². The molecule has 0 aliphatic carbocycles. The number of nitrogens with zero attached hydrogens (tertiary/aromatic N) is 2. The molecule has 2 aliphatic rings. The second-order valence-corrected chi connectivity index (χ2v) is 6.01. The average molecular weight is 284 g/mol. The molecule has 2 fully saturated rings. The van der Waals surface area contributed by atoms with E-state index in [1.807, 2.05) is 0 Å². The molecule has 2 saturated heterocycles. The van der Waals surface area contributed by atoms with Crippen molar-refractivity contribution >= 4 is 5.97 Å². The fourth-order valence-corrected chi connectivity index (χ4v) is 3.55. The summed E-state index contributed by atoms with van der Waals surface area (Å²) in [6.07, 6.45) is 6.42. The summed E-state index contributed by atoms with van der Waals surface area (Å²) in [6, 6.07) is 0.252. The lowest BCUT2D eigenvalue weighted by molar-refractivity contribution is -0.143. The minimum Gasteiger partial charge on any atom is -0.480 e. The first-order valence-corrected chi connectivity index (χ1v) is 7.92. The molecular weight excluding hydrogens is 256 g/mol. The number of methoxy groups -OCH3 is 1. The van der Waals surface area contributed by atoms with E-state index in [-0.39, 0.29) is 6.04 Å². The van der Waals surface area contributed by atoms with Crippen LogP contribution in [0.2, 0.25) is 0 Å². The highest BCUT2D eigenvalue weighted by molar-refractivity contribution is 5.73. The van der Waals surface area contributed by atoms with Crippen molar-refractivity contribution in [1.29, 1.82) is 0 Å². The van der Waals surface area contributed by atoms with Gasteiger partial charge in [0.05, 0.1) is 0 Å². The molecule has 0 saturated carbocycles. The van der Waals surface area contributed by atoms with Crippen molar-refractivity contribution in [2.24, 2.45) is 0 Å². The highest BCUT2D eigenvalue weighted by Gasteiger charge is 2.36. The molecule has 0 bridgehead atoms. The van der Waals surface area contributed by atoms with Crippen LogP contribution in [-0.4, -0.2) is 72.9 Å². The maximum Gasteiger partial charge on any atom is 0.320 e. The maximum absolute atomic E-state index is 11.3. The monoisotopic (exact) mass is 284 g/mol. The Labute approximate surface area is 121 Å². The van der Waals surface area contributed by atoms with Gasteiger partial charge in [-0.15, -0.1) is 0 Å². The Kier molecular flexibility index (Phi) is 6.26. The van der Waals surface area contributed by atoms with Crippen LogP contribution in [-0.2, 0) is 9.53 Å². The normalized spacial score (nSPS) is 26.1. The minimum atomic E-state index is -0.635. The van der Waals surface area contributed by atoms with Gasteiger partial charge >= 0.3 is 5.97 Å². The summed E-state index contributed by atoms with van der Waals surface area (Å²) in [5, 5.41) is 9.27. The Morgan fingerprint density at radius 3 is 2.60 bits per heavy atom. The number of aliphatic carboxylic acids is 1. The molecule has 2 aliphatic heterocycles. The number of hydrogen-bond donors (Lipinski definition) is 1. The van der Waals surface area contributed by atoms with Gasteiger partial charge in [-0.2, -0.15) is 0 Å². The number of hydrogen-bond acceptors (Lipinski definition) is 4. The Balaban J connectivity index is 1.70. The van der Waals surface area contributed by atoms with E-state index >= 15 is 0 Å². The van der Waals surface area contributed by atoms with Gasteiger partial charge in [-0.3, -0.25) is 9.69 Å². The number of unbranched alkanes of at least 4 members (excludes halogenated alkanes) is 1. The molecule has 5 nitrogen and oxygen atoms in total. The molecule has 2 heterocycles. The summed E-state index contributed by atoms with van der Waals surface area (Å²) < 4.78 is 5.07. The van der Waals surface area contributed by atoms with Gasteiger partial charge < -0.3 is 14.7 Å². The van der Waals surface area contributed by atoms with E-state index in [1.54, 1.807) is 7.11 Å². The number of carbonyl (C=O) groups is 1. The lowest BCUT2D eigenvalue weighted by atomic mass is 10.0. The van der Waals surface area contributed by atoms with Crippen LogP contribution < -0.4 is 0 Å². The van der Waals surface area contributed by atoms with E-state index in [1.165, 1.54) is 6.42 Å². The van der Waals surface area contributed by atoms with Crippen LogP contribution in [0.1, 0.15) is 38.5 Å². The lowest BCUT2D eigenvalue weighted by Crippen LogP contribution is -2.49. The molecule has 0 aromatic rings. The Morgan fingerprint density at radius 1 is 1.20 bits per heavy atom. The van der Waals surface area contributed by atoms with Crippen LogP contribution in [0.4, 0.5) is 0 Å². The molecule has 0 aromatic carbocycles. The maximum atomic E-state index is 11.3. The van der Waals surface area contributed by atoms with E-state index in [4.69, 9.17) is 4.74 Å². The molecule has 1 unspecified atom stereocenters. The predicted molar refractivity (Wildman–Crippen MR) is 77.9 cm³/mol. The molecule has 1 atom stereocenters. The molecule has 0 radical (unpaired) electrons. The zero-order valence-corrected chi connectivity index (χ0v) is 12.6. The number of carboxylic acid groups (broad SMARTS) is 1. The fraction of sp³-hybridized carbons (Fsp3) is 0.933. The number of carboxylic acids is 1. The average Bonchev–Trinajstić information content (AvgIpc) is 2.94. The topological polar surface area (TPSA) is 53.0 Å². The molecule has 0 amide bonds.